The third-order valence-electron chi connectivity index (χ3n) is 2.31. The highest BCUT2D eigenvalue weighted by Crippen LogP contribution is 2.24. The molecule has 0 saturated carbocycles. The Morgan fingerprint density at radius 1 is 1.53 bits per heavy atom. The molecule has 0 spiro atoms. The third kappa shape index (κ3) is 1.80. The fourth-order valence-electron chi connectivity index (χ4n) is 1.54. The molecule has 0 aliphatic rings. The van der Waals surface area contributed by atoms with Crippen LogP contribution in [0.5, 0.6) is 5.75 Å². The van der Waals surface area contributed by atoms with Crippen molar-refractivity contribution >= 4 is 16.9 Å². The number of carbonyl (C=O) groups is 1. The van der Waals surface area contributed by atoms with Gasteiger partial charge in [-0.1, -0.05) is 12.1 Å². The summed E-state index contributed by atoms with van der Waals surface area (Å²) in [5, 5.41) is 12.3. The average molecular weight is 234 g/mol. The molecule has 1 amide bonds. The van der Waals surface area contributed by atoms with E-state index in [0.29, 0.717) is 16.7 Å². The molecular formula is C11H10N2O4. The van der Waals surface area contributed by atoms with Crippen LogP contribution >= 0.6 is 0 Å². The fraction of sp³-hybridized carbons (Fsp3) is 0.0909. The number of primary amides is 1. The SMILES string of the molecule is COc1cccc2cc(C(N)=O)/c(=N\O)oc12. The monoisotopic (exact) mass is 234 g/mol. The Labute approximate surface area is 95.9 Å². The minimum atomic E-state index is -0.730. The van der Waals surface area contributed by atoms with Crippen LogP contribution in [0, 0.1) is 0 Å². The molecular weight excluding hydrogens is 224 g/mol. The number of fused-ring (bicyclic) bond motifs is 1. The van der Waals surface area contributed by atoms with Crippen LogP contribution in [-0.4, -0.2) is 18.2 Å². The lowest BCUT2D eigenvalue weighted by atomic mass is 10.1. The highest BCUT2D eigenvalue weighted by molar-refractivity contribution is 5.96. The summed E-state index contributed by atoms with van der Waals surface area (Å²) < 4.78 is 10.4. The average Bonchev–Trinajstić information content (AvgIpc) is 2.36. The maximum absolute atomic E-state index is 11.1. The molecule has 2 aromatic rings. The summed E-state index contributed by atoms with van der Waals surface area (Å²) in [6, 6.07) is 6.65. The van der Waals surface area contributed by atoms with E-state index in [1.54, 1.807) is 18.2 Å². The molecule has 3 N–H and O–H groups in total. The minimum Gasteiger partial charge on any atom is -0.493 e. The highest BCUT2D eigenvalue weighted by atomic mass is 16.5. The zero-order chi connectivity index (χ0) is 12.4. The van der Waals surface area contributed by atoms with Crippen LogP contribution in [0.15, 0.2) is 33.8 Å². The van der Waals surface area contributed by atoms with Gasteiger partial charge in [-0.15, -0.1) is 0 Å². The lowest BCUT2D eigenvalue weighted by Gasteiger charge is -2.04. The zero-order valence-corrected chi connectivity index (χ0v) is 9.01. The smallest absolute Gasteiger partial charge is 0.268 e. The van der Waals surface area contributed by atoms with Crippen LogP contribution in [-0.2, 0) is 0 Å². The highest BCUT2D eigenvalue weighted by Gasteiger charge is 2.11. The molecule has 0 aliphatic carbocycles. The van der Waals surface area contributed by atoms with E-state index in [0.717, 1.165) is 0 Å². The van der Waals surface area contributed by atoms with Crippen LogP contribution in [0.1, 0.15) is 10.4 Å². The summed E-state index contributed by atoms with van der Waals surface area (Å²) in [6.45, 7) is 0. The number of methoxy groups -OCH3 is 1. The normalized spacial score (nSPS) is 11.7. The van der Waals surface area contributed by atoms with Gasteiger partial charge >= 0.3 is 0 Å². The number of benzene rings is 1. The van der Waals surface area contributed by atoms with Gasteiger partial charge in [0.15, 0.2) is 11.3 Å². The van der Waals surface area contributed by atoms with E-state index < -0.39 is 5.91 Å². The predicted octanol–water partition coefficient (Wildman–Crippen LogP) is 0.830. The van der Waals surface area contributed by atoms with Gasteiger partial charge in [-0.2, -0.15) is 0 Å². The molecule has 6 heteroatoms. The first kappa shape index (κ1) is 11.0. The van der Waals surface area contributed by atoms with Gasteiger partial charge in [-0.3, -0.25) is 4.79 Å². The van der Waals surface area contributed by atoms with Crippen molar-refractivity contribution in [2.45, 2.75) is 0 Å². The van der Waals surface area contributed by atoms with Crippen molar-refractivity contribution in [1.29, 1.82) is 0 Å². The van der Waals surface area contributed by atoms with Crippen molar-refractivity contribution in [3.05, 3.63) is 35.4 Å². The van der Waals surface area contributed by atoms with Crippen LogP contribution in [0.25, 0.3) is 11.0 Å². The first-order valence-electron chi connectivity index (χ1n) is 4.76. The standard InChI is InChI=1S/C11H10N2O4/c1-16-8-4-2-3-6-5-7(10(12)14)11(13-15)17-9(6)8/h2-5,15H,1H3,(H2,12,14)/b13-11+. The molecule has 0 saturated heterocycles. The largest absolute Gasteiger partial charge is 0.493 e. The van der Waals surface area contributed by atoms with Crippen molar-refractivity contribution in [2.75, 3.05) is 7.11 Å². The molecule has 17 heavy (non-hydrogen) atoms. The topological polar surface area (TPSA) is 98.1 Å². The molecule has 6 nitrogen and oxygen atoms in total. The number of ether oxygens (including phenoxy) is 1. The van der Waals surface area contributed by atoms with Gasteiger partial charge in [0.2, 0.25) is 0 Å². The van der Waals surface area contributed by atoms with Crippen LogP contribution < -0.4 is 16.0 Å². The van der Waals surface area contributed by atoms with Gasteiger partial charge < -0.3 is 20.1 Å². The lowest BCUT2D eigenvalue weighted by Crippen LogP contribution is -2.21. The van der Waals surface area contributed by atoms with Crippen LogP contribution in [0.3, 0.4) is 0 Å². The molecule has 0 bridgehead atoms. The van der Waals surface area contributed by atoms with Gasteiger partial charge in [-0.25, -0.2) is 0 Å². The number of nitrogens with zero attached hydrogens (tertiary/aromatic N) is 1. The second kappa shape index (κ2) is 4.17. The summed E-state index contributed by atoms with van der Waals surface area (Å²) in [5.41, 5.74) is 5.30. The molecule has 0 fully saturated rings. The van der Waals surface area contributed by atoms with E-state index in [4.69, 9.17) is 20.1 Å². The van der Waals surface area contributed by atoms with Crippen molar-refractivity contribution in [2.24, 2.45) is 10.9 Å². The maximum atomic E-state index is 11.1. The van der Waals surface area contributed by atoms with Crippen LogP contribution in [0.2, 0.25) is 0 Å². The minimum absolute atomic E-state index is 0.00764. The molecule has 0 radical (unpaired) electrons. The van der Waals surface area contributed by atoms with E-state index in [9.17, 15) is 4.79 Å². The molecule has 0 atom stereocenters. The van der Waals surface area contributed by atoms with Gasteiger partial charge in [-0.05, 0) is 17.3 Å². The third-order valence-corrected chi connectivity index (χ3v) is 2.31. The molecule has 1 heterocycles. The quantitative estimate of drug-likeness (QED) is 0.594. The van der Waals surface area contributed by atoms with Crippen molar-refractivity contribution in [3.63, 3.8) is 0 Å². The summed E-state index contributed by atoms with van der Waals surface area (Å²) in [7, 11) is 1.49. The Hall–Kier alpha value is -2.50. The Balaban J connectivity index is 2.88. The Bertz CT molecular complexity index is 645. The van der Waals surface area contributed by atoms with E-state index in [1.807, 2.05) is 0 Å². The Morgan fingerprint density at radius 3 is 2.88 bits per heavy atom. The number of nitrogens with two attached hydrogens (primary N) is 1. The lowest BCUT2D eigenvalue weighted by molar-refractivity contribution is 0.0994. The molecule has 2 rings (SSSR count). The first-order chi connectivity index (χ1) is 8.17. The van der Waals surface area contributed by atoms with E-state index in [-0.39, 0.29) is 11.1 Å². The maximum Gasteiger partial charge on any atom is 0.268 e. The number of hydrogen-bond acceptors (Lipinski definition) is 5. The zero-order valence-electron chi connectivity index (χ0n) is 9.01. The number of hydrogen-bond donors (Lipinski definition) is 2. The van der Waals surface area contributed by atoms with Gasteiger partial charge in [0.1, 0.15) is 5.56 Å². The van der Waals surface area contributed by atoms with Crippen molar-refractivity contribution in [3.8, 4) is 5.75 Å². The Kier molecular flexibility index (Phi) is 2.70. The molecule has 0 aliphatic heterocycles. The van der Waals surface area contributed by atoms with Crippen molar-refractivity contribution in [1.82, 2.24) is 0 Å². The summed E-state index contributed by atoms with van der Waals surface area (Å²) >= 11 is 0. The Morgan fingerprint density at radius 2 is 2.29 bits per heavy atom. The van der Waals surface area contributed by atoms with Crippen LogP contribution in [0.4, 0.5) is 0 Å². The second-order valence-electron chi connectivity index (χ2n) is 3.31. The molecule has 1 aromatic heterocycles. The van der Waals surface area contributed by atoms with Crippen molar-refractivity contribution < 1.29 is 19.2 Å². The summed E-state index contributed by atoms with van der Waals surface area (Å²) in [5.74, 6) is -0.255. The number of amides is 1. The second-order valence-corrected chi connectivity index (χ2v) is 3.31. The first-order valence-corrected chi connectivity index (χ1v) is 4.76. The van der Waals surface area contributed by atoms with E-state index in [2.05, 4.69) is 5.16 Å². The molecule has 1 aromatic carbocycles. The predicted molar refractivity (Wildman–Crippen MR) is 58.6 cm³/mol. The number of carbonyl (C=O) groups excluding carboxylic acids is 1. The number of para-hydroxylation sites is 1. The number of rotatable bonds is 2. The summed E-state index contributed by atoms with van der Waals surface area (Å²) in [4.78, 5) is 11.1. The van der Waals surface area contributed by atoms with Gasteiger partial charge in [0.05, 0.1) is 7.11 Å². The molecule has 0 unspecified atom stereocenters. The van der Waals surface area contributed by atoms with E-state index in [1.165, 1.54) is 13.2 Å². The fourth-order valence-corrected chi connectivity index (χ4v) is 1.54. The summed E-state index contributed by atoms with van der Waals surface area (Å²) in [6.07, 6.45) is 0. The van der Waals surface area contributed by atoms with Gasteiger partial charge in [0, 0.05) is 5.39 Å². The molecule has 88 valence electrons. The van der Waals surface area contributed by atoms with Gasteiger partial charge in [0.25, 0.3) is 11.5 Å². The van der Waals surface area contributed by atoms with E-state index >= 15 is 0 Å².